The van der Waals surface area contributed by atoms with E-state index < -0.39 is 11.6 Å². The standard InChI is InChI=1S/C27H32N4O5/c1-8-34-25(32)22-21(28-7)23(24-17(3)19-15-16(2)9-10-20(19)35-24)31(29-22)18-11-13-30(14-12-18)26(33)36-27(4,5)6/h9-10,15,18H,8,11-14H2,1-6H3. The predicted molar refractivity (Wildman–Crippen MR) is 135 cm³/mol. The fraction of sp³-hybridized carbons (Fsp3) is 0.481. The second-order valence-corrected chi connectivity index (χ2v) is 10.1. The van der Waals surface area contributed by atoms with Gasteiger partial charge in [-0.15, -0.1) is 0 Å². The van der Waals surface area contributed by atoms with E-state index in [1.165, 1.54) is 0 Å². The normalized spacial score (nSPS) is 14.6. The molecule has 9 heteroatoms. The van der Waals surface area contributed by atoms with E-state index >= 15 is 0 Å². The molecule has 4 rings (SSSR count). The van der Waals surface area contributed by atoms with Gasteiger partial charge in [0.25, 0.3) is 0 Å². The van der Waals surface area contributed by atoms with E-state index in [-0.39, 0.29) is 30.1 Å². The molecule has 0 atom stereocenters. The highest BCUT2D eigenvalue weighted by Crippen LogP contribution is 2.43. The van der Waals surface area contributed by atoms with Gasteiger partial charge in [0.15, 0.2) is 5.69 Å². The Balaban J connectivity index is 1.76. The van der Waals surface area contributed by atoms with Gasteiger partial charge >= 0.3 is 12.1 Å². The van der Waals surface area contributed by atoms with E-state index in [4.69, 9.17) is 20.5 Å². The maximum atomic E-state index is 12.7. The average molecular weight is 493 g/mol. The summed E-state index contributed by atoms with van der Waals surface area (Å²) in [5, 5.41) is 5.54. The number of amides is 1. The monoisotopic (exact) mass is 492 g/mol. The number of ether oxygens (including phenoxy) is 2. The second-order valence-electron chi connectivity index (χ2n) is 10.1. The molecule has 1 aliphatic heterocycles. The summed E-state index contributed by atoms with van der Waals surface area (Å²) >= 11 is 0. The van der Waals surface area contributed by atoms with Gasteiger partial charge in [-0.25, -0.2) is 14.4 Å². The van der Waals surface area contributed by atoms with Crippen molar-refractivity contribution in [1.29, 1.82) is 0 Å². The molecule has 0 saturated carbocycles. The molecule has 0 bridgehead atoms. The zero-order valence-electron chi connectivity index (χ0n) is 21.7. The first kappa shape index (κ1) is 25.3. The Kier molecular flexibility index (Phi) is 6.81. The Hall–Kier alpha value is -3.80. The molecule has 2 aromatic heterocycles. The van der Waals surface area contributed by atoms with Crippen molar-refractivity contribution in [3.05, 3.63) is 46.4 Å². The molecule has 190 valence electrons. The second kappa shape index (κ2) is 9.69. The van der Waals surface area contributed by atoms with E-state index in [1.807, 2.05) is 52.8 Å². The lowest BCUT2D eigenvalue weighted by Crippen LogP contribution is -2.42. The Morgan fingerprint density at radius 2 is 1.92 bits per heavy atom. The number of aryl methyl sites for hydroxylation is 2. The van der Waals surface area contributed by atoms with Crippen molar-refractivity contribution in [2.75, 3.05) is 19.7 Å². The minimum absolute atomic E-state index is 0.0209. The number of hydrogen-bond donors (Lipinski definition) is 0. The van der Waals surface area contributed by atoms with Gasteiger partial charge in [-0.2, -0.15) is 5.10 Å². The quantitative estimate of drug-likeness (QED) is 0.317. The molecule has 0 N–H and O–H groups in total. The molecule has 3 heterocycles. The number of benzene rings is 1. The molecule has 0 unspecified atom stereocenters. The molecule has 1 aliphatic rings. The van der Waals surface area contributed by atoms with Crippen LogP contribution in [0.4, 0.5) is 10.5 Å². The summed E-state index contributed by atoms with van der Waals surface area (Å²) in [7, 11) is 0. The number of esters is 1. The summed E-state index contributed by atoms with van der Waals surface area (Å²) in [5.74, 6) is -0.126. The van der Waals surface area contributed by atoms with Crippen molar-refractivity contribution < 1.29 is 23.5 Å². The van der Waals surface area contributed by atoms with Gasteiger partial charge in [0.05, 0.1) is 19.2 Å². The van der Waals surface area contributed by atoms with Crippen LogP contribution in [0.3, 0.4) is 0 Å². The summed E-state index contributed by atoms with van der Waals surface area (Å²) in [4.78, 5) is 30.7. The molecule has 9 nitrogen and oxygen atoms in total. The first-order valence-corrected chi connectivity index (χ1v) is 12.2. The van der Waals surface area contributed by atoms with Crippen molar-refractivity contribution in [2.45, 2.75) is 66.0 Å². The summed E-state index contributed by atoms with van der Waals surface area (Å²) in [5.41, 5.74) is 2.66. The van der Waals surface area contributed by atoms with Crippen molar-refractivity contribution in [1.82, 2.24) is 14.7 Å². The molecule has 1 amide bonds. The van der Waals surface area contributed by atoms with E-state index in [1.54, 1.807) is 16.5 Å². The average Bonchev–Trinajstić information content (AvgIpc) is 3.36. The molecule has 1 saturated heterocycles. The van der Waals surface area contributed by atoms with E-state index in [0.717, 1.165) is 16.5 Å². The highest BCUT2D eigenvalue weighted by atomic mass is 16.6. The number of carbonyl (C=O) groups excluding carboxylic acids is 2. The molecular weight excluding hydrogens is 460 g/mol. The number of piperidine rings is 1. The lowest BCUT2D eigenvalue weighted by atomic mass is 10.0. The molecule has 36 heavy (non-hydrogen) atoms. The Bertz CT molecular complexity index is 1350. The van der Waals surface area contributed by atoms with E-state index in [2.05, 4.69) is 9.94 Å². The zero-order valence-corrected chi connectivity index (χ0v) is 21.7. The van der Waals surface area contributed by atoms with Gasteiger partial charge in [0, 0.05) is 24.0 Å². The molecule has 0 aliphatic carbocycles. The Morgan fingerprint density at radius 1 is 1.22 bits per heavy atom. The highest BCUT2D eigenvalue weighted by Gasteiger charge is 2.34. The lowest BCUT2D eigenvalue weighted by Gasteiger charge is -2.34. The fourth-order valence-electron chi connectivity index (χ4n) is 4.52. The van der Waals surface area contributed by atoms with Crippen molar-refractivity contribution in [3.8, 4) is 11.5 Å². The number of nitrogens with zero attached hydrogens (tertiary/aromatic N) is 4. The molecule has 0 radical (unpaired) electrons. The zero-order chi connectivity index (χ0) is 26.2. The molecule has 1 aromatic carbocycles. The molecule has 3 aromatic rings. The van der Waals surface area contributed by atoms with Crippen LogP contribution in [0.25, 0.3) is 27.3 Å². The minimum atomic E-state index is -0.640. The Labute approximate surface area is 210 Å². The lowest BCUT2D eigenvalue weighted by molar-refractivity contribution is 0.0185. The third kappa shape index (κ3) is 4.81. The van der Waals surface area contributed by atoms with Gasteiger partial charge < -0.3 is 18.8 Å². The van der Waals surface area contributed by atoms with Gasteiger partial charge in [0.2, 0.25) is 5.69 Å². The fourth-order valence-corrected chi connectivity index (χ4v) is 4.52. The molecule has 1 fully saturated rings. The van der Waals surface area contributed by atoms with E-state index in [9.17, 15) is 9.59 Å². The van der Waals surface area contributed by atoms with Gasteiger partial charge in [-0.1, -0.05) is 11.6 Å². The van der Waals surface area contributed by atoms with Crippen LogP contribution in [-0.2, 0) is 9.47 Å². The van der Waals surface area contributed by atoms with Crippen LogP contribution in [0, 0.1) is 20.4 Å². The summed E-state index contributed by atoms with van der Waals surface area (Å²) < 4.78 is 18.7. The number of aromatic nitrogens is 2. The number of furan rings is 1. The smallest absolute Gasteiger partial charge is 0.410 e. The van der Waals surface area contributed by atoms with Crippen LogP contribution in [0.5, 0.6) is 0 Å². The van der Waals surface area contributed by atoms with Crippen molar-refractivity contribution >= 4 is 28.7 Å². The minimum Gasteiger partial charge on any atom is -0.462 e. The molecular formula is C27H32N4O5. The topological polar surface area (TPSA) is 91.2 Å². The van der Waals surface area contributed by atoms with Crippen molar-refractivity contribution in [3.63, 3.8) is 0 Å². The van der Waals surface area contributed by atoms with E-state index in [0.29, 0.717) is 43.0 Å². The maximum Gasteiger partial charge on any atom is 0.410 e. The maximum absolute atomic E-state index is 12.7. The SMILES string of the molecule is [C-]#[N+]c1c(C(=O)OCC)nn(C2CCN(C(=O)OC(C)(C)C)CC2)c1-c1oc2ccc(C)cc2c1C. The molecule has 0 spiro atoms. The van der Waals surface area contributed by atoms with Crippen LogP contribution in [0.2, 0.25) is 0 Å². The Morgan fingerprint density at radius 3 is 2.53 bits per heavy atom. The number of hydrogen-bond acceptors (Lipinski definition) is 6. The number of fused-ring (bicyclic) bond motifs is 1. The third-order valence-electron chi connectivity index (χ3n) is 6.23. The van der Waals surface area contributed by atoms with Crippen molar-refractivity contribution in [2.24, 2.45) is 0 Å². The first-order chi connectivity index (χ1) is 17.0. The number of carbonyl (C=O) groups is 2. The number of rotatable bonds is 4. The van der Waals surface area contributed by atoms with Crippen LogP contribution in [0.15, 0.2) is 22.6 Å². The van der Waals surface area contributed by atoms with Crippen LogP contribution in [0.1, 0.15) is 68.2 Å². The first-order valence-electron chi connectivity index (χ1n) is 12.2. The van der Waals surface area contributed by atoms with Gasteiger partial charge in [0.1, 0.15) is 22.6 Å². The largest absolute Gasteiger partial charge is 0.462 e. The summed E-state index contributed by atoms with van der Waals surface area (Å²) in [6.45, 7) is 20.2. The van der Waals surface area contributed by atoms with Gasteiger partial charge in [-0.3, -0.25) is 4.68 Å². The number of likely N-dealkylation sites (tertiary alicyclic amines) is 1. The summed E-state index contributed by atoms with van der Waals surface area (Å²) in [6, 6.07) is 5.78. The van der Waals surface area contributed by atoms with Gasteiger partial charge in [-0.05, 0) is 66.5 Å². The summed E-state index contributed by atoms with van der Waals surface area (Å²) in [6.07, 6.45) is 0.831. The predicted octanol–water partition coefficient (Wildman–Crippen LogP) is 6.21. The van der Waals surface area contributed by atoms with Crippen LogP contribution >= 0.6 is 0 Å². The van der Waals surface area contributed by atoms with Crippen LogP contribution < -0.4 is 0 Å². The highest BCUT2D eigenvalue weighted by molar-refractivity contribution is 5.99. The van der Waals surface area contributed by atoms with Crippen LogP contribution in [-0.4, -0.2) is 52.0 Å². The third-order valence-corrected chi connectivity index (χ3v) is 6.23.